The molecule has 0 spiro atoms. The Labute approximate surface area is 187 Å². The van der Waals surface area contributed by atoms with Gasteiger partial charge in [-0.15, -0.1) is 0 Å². The van der Waals surface area contributed by atoms with Crippen molar-refractivity contribution in [1.29, 1.82) is 0 Å². The summed E-state index contributed by atoms with van der Waals surface area (Å²) in [6.45, 7) is 5.07. The number of esters is 1. The van der Waals surface area contributed by atoms with E-state index in [0.29, 0.717) is 36.3 Å². The van der Waals surface area contributed by atoms with Crippen molar-refractivity contribution in [2.24, 2.45) is 5.92 Å². The van der Waals surface area contributed by atoms with Gasteiger partial charge in [0.05, 0.1) is 25.0 Å². The van der Waals surface area contributed by atoms with E-state index in [-0.39, 0.29) is 11.8 Å². The Balaban J connectivity index is 1.36. The third-order valence-corrected chi connectivity index (χ3v) is 5.70. The summed E-state index contributed by atoms with van der Waals surface area (Å²) in [5.74, 6) is 1.61. The quantitative estimate of drug-likeness (QED) is 0.491. The molecule has 4 rings (SSSR count). The minimum atomic E-state index is -0.373. The number of likely N-dealkylation sites (tertiary alicyclic amines) is 1. The summed E-state index contributed by atoms with van der Waals surface area (Å²) in [5, 5.41) is 0. The van der Waals surface area contributed by atoms with E-state index in [0.717, 1.165) is 42.9 Å². The average molecular weight is 438 g/mol. The number of benzene rings is 2. The Bertz CT molecular complexity index is 1060. The van der Waals surface area contributed by atoms with Gasteiger partial charge in [-0.05, 0) is 62.7 Å². The Morgan fingerprint density at radius 2 is 2.06 bits per heavy atom. The number of aromatic nitrogens is 1. The normalized spacial score (nSPS) is 16.7. The monoisotopic (exact) mass is 438 g/mol. The number of aryl methyl sites for hydroxylation is 1. The smallest absolute Gasteiger partial charge is 0.337 e. The number of methoxy groups -OCH3 is 1. The maximum absolute atomic E-state index is 13.3. The highest BCUT2D eigenvalue weighted by atomic mass is 19.1. The number of halogens is 1. The van der Waals surface area contributed by atoms with Crippen LogP contribution in [0.5, 0.6) is 5.75 Å². The second kappa shape index (κ2) is 9.96. The summed E-state index contributed by atoms with van der Waals surface area (Å²) >= 11 is 0. The molecule has 1 aromatic heterocycles. The number of carbonyl (C=O) groups excluding carboxylic acids is 1. The van der Waals surface area contributed by atoms with E-state index in [1.165, 1.54) is 19.2 Å². The number of hydrogen-bond donors (Lipinski definition) is 0. The van der Waals surface area contributed by atoms with Crippen LogP contribution in [0.15, 0.2) is 52.9 Å². The summed E-state index contributed by atoms with van der Waals surface area (Å²) < 4.78 is 29.8. The van der Waals surface area contributed by atoms with Gasteiger partial charge < -0.3 is 13.9 Å². The molecule has 0 N–H and O–H groups in total. The third kappa shape index (κ3) is 5.34. The molecule has 6 nitrogen and oxygen atoms in total. The van der Waals surface area contributed by atoms with Crippen molar-refractivity contribution < 1.29 is 23.1 Å². The highest BCUT2D eigenvalue weighted by Crippen LogP contribution is 2.25. The van der Waals surface area contributed by atoms with Gasteiger partial charge in [-0.25, -0.2) is 14.2 Å². The van der Waals surface area contributed by atoms with Gasteiger partial charge in [0.25, 0.3) is 0 Å². The molecule has 1 aliphatic rings. The molecule has 0 bridgehead atoms. The van der Waals surface area contributed by atoms with Gasteiger partial charge in [-0.1, -0.05) is 6.07 Å². The van der Waals surface area contributed by atoms with Crippen molar-refractivity contribution in [3.63, 3.8) is 0 Å². The summed E-state index contributed by atoms with van der Waals surface area (Å²) in [6, 6.07) is 13.3. The third-order valence-electron chi connectivity index (χ3n) is 5.70. The van der Waals surface area contributed by atoms with Crippen LogP contribution in [-0.4, -0.2) is 42.7 Å². The Hall–Kier alpha value is -3.19. The Kier molecular flexibility index (Phi) is 6.85. The molecular formula is C25H27FN2O4. The fourth-order valence-electron chi connectivity index (χ4n) is 3.98. The van der Waals surface area contributed by atoms with Crippen molar-refractivity contribution in [3.8, 4) is 17.2 Å². The number of ether oxygens (including phenoxy) is 2. The Morgan fingerprint density at radius 3 is 2.81 bits per heavy atom. The SMILES string of the molecule is COC(=O)c1ccc(-c2nc(CN3CCC[C@@H](COc4cccc(F)c4)C3)c(C)o2)cc1. The van der Waals surface area contributed by atoms with E-state index >= 15 is 0 Å². The molecule has 1 atom stereocenters. The predicted octanol–water partition coefficient (Wildman–Crippen LogP) is 4.87. The van der Waals surface area contributed by atoms with Crippen molar-refractivity contribution in [2.45, 2.75) is 26.3 Å². The predicted molar refractivity (Wildman–Crippen MR) is 118 cm³/mol. The fourth-order valence-corrected chi connectivity index (χ4v) is 3.98. The lowest BCUT2D eigenvalue weighted by atomic mass is 9.99. The minimum Gasteiger partial charge on any atom is -0.493 e. The lowest BCUT2D eigenvalue weighted by molar-refractivity contribution is 0.0600. The standard InChI is InChI=1S/C25H27FN2O4/c1-17-23(27-24(32-17)19-8-10-20(11-9-19)25(29)30-2)15-28-12-4-5-18(14-28)16-31-22-7-3-6-21(26)13-22/h3,6-11,13,18H,4-5,12,14-16H2,1-2H3/t18-/m1/s1. The maximum Gasteiger partial charge on any atom is 0.337 e. The molecule has 7 heteroatoms. The van der Waals surface area contributed by atoms with E-state index < -0.39 is 0 Å². The lowest BCUT2D eigenvalue weighted by Crippen LogP contribution is -2.37. The zero-order valence-corrected chi connectivity index (χ0v) is 18.3. The highest BCUT2D eigenvalue weighted by Gasteiger charge is 2.23. The fraction of sp³-hybridized carbons (Fsp3) is 0.360. The molecule has 1 fully saturated rings. The van der Waals surface area contributed by atoms with E-state index in [1.807, 2.05) is 19.1 Å². The number of piperidine rings is 1. The molecule has 2 heterocycles. The van der Waals surface area contributed by atoms with Crippen molar-refractivity contribution in [3.05, 3.63) is 71.4 Å². The summed E-state index contributed by atoms with van der Waals surface area (Å²) in [4.78, 5) is 18.7. The van der Waals surface area contributed by atoms with Crippen LogP contribution in [-0.2, 0) is 11.3 Å². The molecule has 0 amide bonds. The van der Waals surface area contributed by atoms with Crippen LogP contribution in [0.3, 0.4) is 0 Å². The topological polar surface area (TPSA) is 64.8 Å². The van der Waals surface area contributed by atoms with Crippen LogP contribution in [0.2, 0.25) is 0 Å². The van der Waals surface area contributed by atoms with Gasteiger partial charge in [0.2, 0.25) is 5.89 Å². The number of carbonyl (C=O) groups is 1. The second-order valence-corrected chi connectivity index (χ2v) is 8.10. The van der Waals surface area contributed by atoms with Gasteiger partial charge >= 0.3 is 5.97 Å². The van der Waals surface area contributed by atoms with Gasteiger partial charge in [-0.3, -0.25) is 4.90 Å². The van der Waals surface area contributed by atoms with Crippen LogP contribution in [0.1, 0.15) is 34.7 Å². The number of rotatable bonds is 7. The lowest BCUT2D eigenvalue weighted by Gasteiger charge is -2.32. The van der Waals surface area contributed by atoms with Crippen LogP contribution in [0.4, 0.5) is 4.39 Å². The molecule has 32 heavy (non-hydrogen) atoms. The first kappa shape index (κ1) is 22.0. The largest absolute Gasteiger partial charge is 0.493 e. The van der Waals surface area contributed by atoms with Crippen molar-refractivity contribution >= 4 is 5.97 Å². The van der Waals surface area contributed by atoms with E-state index in [4.69, 9.17) is 18.9 Å². The molecule has 0 aliphatic carbocycles. The maximum atomic E-state index is 13.3. The van der Waals surface area contributed by atoms with Gasteiger partial charge in [-0.2, -0.15) is 0 Å². The molecule has 0 saturated carbocycles. The molecular weight excluding hydrogens is 411 g/mol. The van der Waals surface area contributed by atoms with Gasteiger partial charge in [0, 0.05) is 30.6 Å². The van der Waals surface area contributed by atoms with E-state index in [2.05, 4.69) is 4.90 Å². The molecule has 2 aromatic carbocycles. The zero-order valence-electron chi connectivity index (χ0n) is 18.3. The first-order valence-corrected chi connectivity index (χ1v) is 10.8. The van der Waals surface area contributed by atoms with E-state index in [1.54, 1.807) is 24.3 Å². The highest BCUT2D eigenvalue weighted by molar-refractivity contribution is 5.89. The van der Waals surface area contributed by atoms with Crippen molar-refractivity contribution in [2.75, 3.05) is 26.8 Å². The first-order chi connectivity index (χ1) is 15.5. The summed E-state index contributed by atoms with van der Waals surface area (Å²) in [6.07, 6.45) is 2.16. The molecule has 0 radical (unpaired) electrons. The molecule has 1 aliphatic heterocycles. The minimum absolute atomic E-state index is 0.287. The number of oxazole rings is 1. The summed E-state index contributed by atoms with van der Waals surface area (Å²) in [7, 11) is 1.36. The second-order valence-electron chi connectivity index (χ2n) is 8.10. The molecule has 3 aromatic rings. The van der Waals surface area contributed by atoms with Crippen molar-refractivity contribution in [1.82, 2.24) is 9.88 Å². The van der Waals surface area contributed by atoms with Gasteiger partial charge in [0.1, 0.15) is 17.3 Å². The molecule has 1 saturated heterocycles. The molecule has 168 valence electrons. The molecule has 0 unspecified atom stereocenters. The number of nitrogens with zero attached hydrogens (tertiary/aromatic N) is 2. The summed E-state index contributed by atoms with van der Waals surface area (Å²) in [5.41, 5.74) is 2.20. The number of hydrogen-bond acceptors (Lipinski definition) is 6. The Morgan fingerprint density at radius 1 is 1.25 bits per heavy atom. The van der Waals surface area contributed by atoms with E-state index in [9.17, 15) is 9.18 Å². The zero-order chi connectivity index (χ0) is 22.5. The average Bonchev–Trinajstić information content (AvgIpc) is 3.17. The van der Waals surface area contributed by atoms with Gasteiger partial charge in [0.15, 0.2) is 0 Å². The van der Waals surface area contributed by atoms with Crippen LogP contribution in [0.25, 0.3) is 11.5 Å². The van der Waals surface area contributed by atoms with Crippen LogP contribution < -0.4 is 4.74 Å². The van der Waals surface area contributed by atoms with Crippen LogP contribution >= 0.6 is 0 Å². The van der Waals surface area contributed by atoms with Crippen LogP contribution in [0, 0.1) is 18.7 Å². The first-order valence-electron chi connectivity index (χ1n) is 10.8.